The summed E-state index contributed by atoms with van der Waals surface area (Å²) in [5.41, 5.74) is 2.06. The Morgan fingerprint density at radius 1 is 1.42 bits per heavy atom. The van der Waals surface area contributed by atoms with E-state index in [1.807, 2.05) is 31.2 Å². The highest BCUT2D eigenvalue weighted by Gasteiger charge is 2.14. The van der Waals surface area contributed by atoms with Crippen molar-refractivity contribution in [3.63, 3.8) is 0 Å². The molecule has 1 unspecified atom stereocenters. The molecule has 0 saturated heterocycles. The number of carbonyl (C=O) groups is 1. The van der Waals surface area contributed by atoms with Gasteiger partial charge in [0.1, 0.15) is 0 Å². The van der Waals surface area contributed by atoms with Crippen molar-refractivity contribution in [2.24, 2.45) is 5.92 Å². The third-order valence-electron chi connectivity index (χ3n) is 3.11. The Kier molecular flexibility index (Phi) is 3.89. The maximum Gasteiger partial charge on any atom is 0.306 e. The first-order valence-corrected chi connectivity index (χ1v) is 6.14. The summed E-state index contributed by atoms with van der Waals surface area (Å²) in [6, 6.07) is 7.84. The molecule has 1 aromatic heterocycles. The van der Waals surface area contributed by atoms with Gasteiger partial charge in [-0.25, -0.2) is 4.68 Å². The highest BCUT2D eigenvalue weighted by molar-refractivity contribution is 5.69. The molecular weight excluding hydrogens is 244 g/mol. The fourth-order valence-corrected chi connectivity index (χ4v) is 1.81. The van der Waals surface area contributed by atoms with Gasteiger partial charge in [-0.05, 0) is 29.3 Å². The Morgan fingerprint density at radius 2 is 2.16 bits per heavy atom. The van der Waals surface area contributed by atoms with Crippen molar-refractivity contribution < 1.29 is 9.90 Å². The van der Waals surface area contributed by atoms with E-state index in [2.05, 4.69) is 15.5 Å². The van der Waals surface area contributed by atoms with Gasteiger partial charge < -0.3 is 5.11 Å². The van der Waals surface area contributed by atoms with Gasteiger partial charge in [0.05, 0.1) is 5.92 Å². The monoisotopic (exact) mass is 260 g/mol. The van der Waals surface area contributed by atoms with Crippen LogP contribution < -0.4 is 0 Å². The van der Waals surface area contributed by atoms with Crippen LogP contribution in [0.15, 0.2) is 24.3 Å². The third-order valence-corrected chi connectivity index (χ3v) is 3.11. The highest BCUT2D eigenvalue weighted by atomic mass is 16.4. The number of nitrogens with zero attached hydrogens (tertiary/aromatic N) is 4. The van der Waals surface area contributed by atoms with Gasteiger partial charge in [-0.3, -0.25) is 4.79 Å². The normalized spacial score (nSPS) is 12.3. The molecule has 2 aromatic rings. The third kappa shape index (κ3) is 2.96. The molecule has 0 fully saturated rings. The molecule has 0 bridgehead atoms. The van der Waals surface area contributed by atoms with Gasteiger partial charge in [0.2, 0.25) is 0 Å². The molecule has 1 heterocycles. The summed E-state index contributed by atoms with van der Waals surface area (Å²) in [6.45, 7) is 4.17. The first kappa shape index (κ1) is 13.2. The zero-order valence-corrected chi connectivity index (χ0v) is 10.9. The summed E-state index contributed by atoms with van der Waals surface area (Å²) in [5.74, 6) is -0.532. The summed E-state index contributed by atoms with van der Waals surface area (Å²) in [4.78, 5) is 10.8. The van der Waals surface area contributed by atoms with Crippen molar-refractivity contribution in [3.8, 4) is 11.4 Å². The number of hydrogen-bond donors (Lipinski definition) is 1. The van der Waals surface area contributed by atoms with Gasteiger partial charge >= 0.3 is 5.97 Å². The molecule has 0 aliphatic carbocycles. The molecular formula is C13H16N4O2. The van der Waals surface area contributed by atoms with Crippen LogP contribution in [0.2, 0.25) is 0 Å². The van der Waals surface area contributed by atoms with Crippen molar-refractivity contribution in [2.45, 2.75) is 26.8 Å². The molecule has 1 N–H and O–H groups in total. The number of aryl methyl sites for hydroxylation is 2. The lowest BCUT2D eigenvalue weighted by Gasteiger charge is -2.08. The molecule has 0 saturated carbocycles. The van der Waals surface area contributed by atoms with Crippen molar-refractivity contribution in [1.29, 1.82) is 0 Å². The second kappa shape index (κ2) is 5.60. The molecule has 0 spiro atoms. The Morgan fingerprint density at radius 3 is 2.84 bits per heavy atom. The fourth-order valence-electron chi connectivity index (χ4n) is 1.81. The first-order valence-electron chi connectivity index (χ1n) is 6.14. The summed E-state index contributed by atoms with van der Waals surface area (Å²) < 4.78 is 1.65. The summed E-state index contributed by atoms with van der Waals surface area (Å²) >= 11 is 0. The van der Waals surface area contributed by atoms with E-state index in [0.717, 1.165) is 11.1 Å². The second-order valence-electron chi connectivity index (χ2n) is 4.57. The summed E-state index contributed by atoms with van der Waals surface area (Å²) in [6.07, 6.45) is 0.499. The first-order chi connectivity index (χ1) is 9.09. The predicted octanol–water partition coefficient (Wildman–Crippen LogP) is 1.76. The molecule has 1 atom stereocenters. The number of hydrogen-bond acceptors (Lipinski definition) is 4. The topological polar surface area (TPSA) is 80.9 Å². The predicted molar refractivity (Wildman–Crippen MR) is 69.4 cm³/mol. The molecule has 1 aromatic carbocycles. The quantitative estimate of drug-likeness (QED) is 0.885. The molecule has 0 radical (unpaired) electrons. The van der Waals surface area contributed by atoms with Crippen LogP contribution in [0.25, 0.3) is 11.4 Å². The summed E-state index contributed by atoms with van der Waals surface area (Å²) in [7, 11) is 0. The molecule has 19 heavy (non-hydrogen) atoms. The summed E-state index contributed by atoms with van der Waals surface area (Å²) in [5, 5.41) is 20.5. The largest absolute Gasteiger partial charge is 0.481 e. The Bertz CT molecular complexity index is 580. The van der Waals surface area contributed by atoms with Gasteiger partial charge in [-0.15, -0.1) is 5.10 Å². The number of rotatable bonds is 5. The molecule has 2 rings (SSSR count). The van der Waals surface area contributed by atoms with Gasteiger partial charge in [0.15, 0.2) is 5.82 Å². The highest BCUT2D eigenvalue weighted by Crippen LogP contribution is 2.20. The van der Waals surface area contributed by atoms with Crippen LogP contribution in [0.1, 0.15) is 18.9 Å². The van der Waals surface area contributed by atoms with Crippen molar-refractivity contribution in [3.05, 3.63) is 29.8 Å². The zero-order valence-electron chi connectivity index (χ0n) is 10.9. The van der Waals surface area contributed by atoms with Crippen LogP contribution in [0.3, 0.4) is 0 Å². The number of carboxylic acid groups (broad SMARTS) is 1. The number of tetrazole rings is 1. The number of aromatic nitrogens is 4. The number of carboxylic acids is 1. The molecule has 100 valence electrons. The van der Waals surface area contributed by atoms with E-state index in [0.29, 0.717) is 18.8 Å². The van der Waals surface area contributed by atoms with Gasteiger partial charge in [-0.2, -0.15) is 0 Å². The molecule has 0 aliphatic rings. The minimum absolute atomic E-state index is 0.408. The number of benzene rings is 1. The minimum atomic E-state index is -0.800. The Labute approximate surface area is 111 Å². The van der Waals surface area contributed by atoms with Crippen LogP contribution in [0, 0.1) is 12.8 Å². The maximum absolute atomic E-state index is 10.8. The van der Waals surface area contributed by atoms with E-state index >= 15 is 0 Å². The van der Waals surface area contributed by atoms with Crippen molar-refractivity contribution in [1.82, 2.24) is 20.2 Å². The van der Waals surface area contributed by atoms with Crippen molar-refractivity contribution >= 4 is 5.97 Å². The van der Waals surface area contributed by atoms with E-state index < -0.39 is 11.9 Å². The Balaban J connectivity index is 2.19. The van der Waals surface area contributed by atoms with Crippen LogP contribution in [0.5, 0.6) is 0 Å². The van der Waals surface area contributed by atoms with Crippen LogP contribution in [-0.4, -0.2) is 31.3 Å². The van der Waals surface area contributed by atoms with E-state index in [9.17, 15) is 4.79 Å². The standard InChI is InChI=1S/C13H16N4O2/c1-9-5-3-4-6-11(9)12-14-15-16-17(12)8-7-10(2)13(18)19/h3-6,10H,7-8H2,1-2H3,(H,18,19). The fraction of sp³-hybridized carbons (Fsp3) is 0.385. The minimum Gasteiger partial charge on any atom is -0.481 e. The smallest absolute Gasteiger partial charge is 0.306 e. The lowest BCUT2D eigenvalue weighted by atomic mass is 10.1. The Hall–Kier alpha value is -2.24. The van der Waals surface area contributed by atoms with Crippen LogP contribution >= 0.6 is 0 Å². The van der Waals surface area contributed by atoms with Gasteiger partial charge in [-0.1, -0.05) is 31.2 Å². The van der Waals surface area contributed by atoms with E-state index in [4.69, 9.17) is 5.11 Å². The van der Waals surface area contributed by atoms with Gasteiger partial charge in [0, 0.05) is 12.1 Å². The van der Waals surface area contributed by atoms with Crippen LogP contribution in [0.4, 0.5) is 0 Å². The van der Waals surface area contributed by atoms with E-state index in [1.165, 1.54) is 0 Å². The lowest BCUT2D eigenvalue weighted by molar-refractivity contribution is -0.141. The maximum atomic E-state index is 10.8. The molecule has 0 aliphatic heterocycles. The van der Waals surface area contributed by atoms with Gasteiger partial charge in [0.25, 0.3) is 0 Å². The average Bonchev–Trinajstić information content (AvgIpc) is 2.84. The zero-order chi connectivity index (χ0) is 13.8. The SMILES string of the molecule is Cc1ccccc1-c1nnnn1CCC(C)C(=O)O. The van der Waals surface area contributed by atoms with E-state index in [1.54, 1.807) is 11.6 Å². The van der Waals surface area contributed by atoms with E-state index in [-0.39, 0.29) is 0 Å². The van der Waals surface area contributed by atoms with Crippen molar-refractivity contribution in [2.75, 3.05) is 0 Å². The second-order valence-corrected chi connectivity index (χ2v) is 4.57. The molecule has 0 amide bonds. The molecule has 6 nitrogen and oxygen atoms in total. The average molecular weight is 260 g/mol. The lowest BCUT2D eigenvalue weighted by Crippen LogP contribution is -2.14. The van der Waals surface area contributed by atoms with Crippen LogP contribution in [-0.2, 0) is 11.3 Å². The number of aliphatic carboxylic acids is 1. The molecule has 6 heteroatoms.